The van der Waals surface area contributed by atoms with Crippen molar-refractivity contribution in [1.29, 1.82) is 0 Å². The molecular weight excluding hydrogens is 228 g/mol. The summed E-state index contributed by atoms with van der Waals surface area (Å²) in [4.78, 5) is 2.24. The Morgan fingerprint density at radius 2 is 2.24 bits per heavy atom. The molecule has 1 aromatic rings. The molecule has 17 heavy (non-hydrogen) atoms. The van der Waals surface area contributed by atoms with Crippen LogP contribution in [0.25, 0.3) is 0 Å². The molecule has 2 nitrogen and oxygen atoms in total. The summed E-state index contributed by atoms with van der Waals surface area (Å²) < 4.78 is 0. The lowest BCUT2D eigenvalue weighted by Crippen LogP contribution is -2.45. The topological polar surface area (TPSA) is 15.3 Å². The zero-order valence-corrected chi connectivity index (χ0v) is 11.4. The second-order valence-electron chi connectivity index (χ2n) is 4.78. The monoisotopic (exact) mass is 248 g/mol. The maximum absolute atomic E-state index is 5.48. The van der Waals surface area contributed by atoms with E-state index >= 15 is 0 Å². The Morgan fingerprint density at radius 1 is 1.47 bits per heavy atom. The zero-order valence-electron chi connectivity index (χ0n) is 10.6. The number of thiocarbonyl (C=S) groups is 1. The van der Waals surface area contributed by atoms with Crippen LogP contribution in [-0.4, -0.2) is 18.2 Å². The van der Waals surface area contributed by atoms with Crippen LogP contribution in [0.3, 0.4) is 0 Å². The normalized spacial score (nSPS) is 18.7. The van der Waals surface area contributed by atoms with Gasteiger partial charge in [0.05, 0.1) is 0 Å². The van der Waals surface area contributed by atoms with Crippen LogP contribution in [0.15, 0.2) is 24.3 Å². The van der Waals surface area contributed by atoms with Gasteiger partial charge in [-0.15, -0.1) is 0 Å². The number of benzene rings is 1. The first-order valence-corrected chi connectivity index (χ1v) is 6.76. The van der Waals surface area contributed by atoms with Gasteiger partial charge in [-0.05, 0) is 42.6 Å². The van der Waals surface area contributed by atoms with Gasteiger partial charge < -0.3 is 10.2 Å². The SMILES string of the molecule is CCCNC(=S)N1CC(C)Cc2ccccc21. The number of fused-ring (bicyclic) bond motifs is 1. The average molecular weight is 248 g/mol. The molecule has 0 radical (unpaired) electrons. The minimum Gasteiger partial charge on any atom is -0.362 e. The van der Waals surface area contributed by atoms with Crippen molar-refractivity contribution in [3.63, 3.8) is 0 Å². The number of rotatable bonds is 2. The lowest BCUT2D eigenvalue weighted by molar-refractivity contribution is 0.565. The van der Waals surface area contributed by atoms with E-state index in [0.29, 0.717) is 5.92 Å². The van der Waals surface area contributed by atoms with Gasteiger partial charge >= 0.3 is 0 Å². The molecule has 0 bridgehead atoms. The summed E-state index contributed by atoms with van der Waals surface area (Å²) in [6.07, 6.45) is 2.26. The molecule has 0 saturated carbocycles. The minimum atomic E-state index is 0.659. The fourth-order valence-electron chi connectivity index (χ4n) is 2.32. The van der Waals surface area contributed by atoms with Gasteiger partial charge in [-0.2, -0.15) is 0 Å². The van der Waals surface area contributed by atoms with Crippen LogP contribution >= 0.6 is 12.2 Å². The van der Waals surface area contributed by atoms with Crippen molar-refractivity contribution in [3.8, 4) is 0 Å². The van der Waals surface area contributed by atoms with Gasteiger partial charge in [-0.25, -0.2) is 0 Å². The van der Waals surface area contributed by atoms with E-state index in [1.54, 1.807) is 0 Å². The van der Waals surface area contributed by atoms with E-state index in [4.69, 9.17) is 12.2 Å². The van der Waals surface area contributed by atoms with Crippen molar-refractivity contribution < 1.29 is 0 Å². The first-order valence-electron chi connectivity index (χ1n) is 6.35. The Labute approximate surface area is 109 Å². The predicted octanol–water partition coefficient (Wildman–Crippen LogP) is 2.97. The molecule has 92 valence electrons. The number of hydrogen-bond acceptors (Lipinski definition) is 1. The first-order chi connectivity index (χ1) is 8.22. The number of anilines is 1. The molecule has 1 unspecified atom stereocenters. The Kier molecular flexibility index (Phi) is 4.00. The summed E-state index contributed by atoms with van der Waals surface area (Å²) in [5.41, 5.74) is 2.69. The van der Waals surface area contributed by atoms with Gasteiger partial charge in [-0.3, -0.25) is 0 Å². The third-order valence-corrected chi connectivity index (χ3v) is 3.48. The molecule has 3 heteroatoms. The van der Waals surface area contributed by atoms with Crippen LogP contribution in [0, 0.1) is 5.92 Å². The first kappa shape index (κ1) is 12.4. The highest BCUT2D eigenvalue weighted by Gasteiger charge is 2.23. The van der Waals surface area contributed by atoms with Crippen LogP contribution in [0.1, 0.15) is 25.8 Å². The molecule has 0 aromatic heterocycles. The van der Waals surface area contributed by atoms with E-state index in [0.717, 1.165) is 31.0 Å². The Bertz CT molecular complexity index is 403. The minimum absolute atomic E-state index is 0.659. The zero-order chi connectivity index (χ0) is 12.3. The number of nitrogens with zero attached hydrogens (tertiary/aromatic N) is 1. The molecule has 0 amide bonds. The van der Waals surface area contributed by atoms with E-state index in [1.165, 1.54) is 11.3 Å². The van der Waals surface area contributed by atoms with E-state index in [1.807, 2.05) is 0 Å². The Hall–Kier alpha value is -1.09. The molecule has 0 saturated heterocycles. The third kappa shape index (κ3) is 2.78. The highest BCUT2D eigenvalue weighted by atomic mass is 32.1. The molecule has 1 atom stereocenters. The second kappa shape index (κ2) is 5.50. The molecule has 1 aliphatic heterocycles. The molecule has 2 rings (SSSR count). The predicted molar refractivity (Wildman–Crippen MR) is 77.5 cm³/mol. The lowest BCUT2D eigenvalue weighted by atomic mass is 9.94. The summed E-state index contributed by atoms with van der Waals surface area (Å²) >= 11 is 5.48. The van der Waals surface area contributed by atoms with Gasteiger partial charge in [0.15, 0.2) is 5.11 Å². The van der Waals surface area contributed by atoms with Gasteiger partial charge in [0.25, 0.3) is 0 Å². The molecule has 1 aliphatic rings. The van der Waals surface area contributed by atoms with Crippen LogP contribution in [0.5, 0.6) is 0 Å². The van der Waals surface area contributed by atoms with Crippen LogP contribution in [-0.2, 0) is 6.42 Å². The standard InChI is InChI=1S/C14H20N2S/c1-3-8-15-14(17)16-10-11(2)9-12-6-4-5-7-13(12)16/h4-7,11H,3,8-10H2,1-2H3,(H,15,17). The summed E-state index contributed by atoms with van der Waals surface area (Å²) in [7, 11) is 0. The van der Waals surface area contributed by atoms with Crippen molar-refractivity contribution >= 4 is 23.0 Å². The Morgan fingerprint density at radius 3 is 3.00 bits per heavy atom. The number of para-hydroxylation sites is 1. The average Bonchev–Trinajstić information content (AvgIpc) is 2.34. The summed E-state index contributed by atoms with van der Waals surface area (Å²) in [5, 5.41) is 4.19. The molecule has 1 N–H and O–H groups in total. The highest BCUT2D eigenvalue weighted by Crippen LogP contribution is 2.29. The second-order valence-corrected chi connectivity index (χ2v) is 5.17. The number of hydrogen-bond donors (Lipinski definition) is 1. The fourth-order valence-corrected chi connectivity index (χ4v) is 2.59. The van der Waals surface area contributed by atoms with Crippen molar-refractivity contribution in [2.45, 2.75) is 26.7 Å². The van der Waals surface area contributed by atoms with Crippen molar-refractivity contribution in [2.24, 2.45) is 5.92 Å². The van der Waals surface area contributed by atoms with E-state index in [9.17, 15) is 0 Å². The summed E-state index contributed by atoms with van der Waals surface area (Å²) in [6, 6.07) is 8.57. The van der Waals surface area contributed by atoms with E-state index in [2.05, 4.69) is 48.3 Å². The molecule has 0 spiro atoms. The fraction of sp³-hybridized carbons (Fsp3) is 0.500. The summed E-state index contributed by atoms with van der Waals surface area (Å²) in [5.74, 6) is 0.659. The lowest BCUT2D eigenvalue weighted by Gasteiger charge is -2.35. The van der Waals surface area contributed by atoms with Crippen molar-refractivity contribution in [2.75, 3.05) is 18.0 Å². The van der Waals surface area contributed by atoms with Crippen LogP contribution < -0.4 is 10.2 Å². The van der Waals surface area contributed by atoms with Gasteiger partial charge in [-0.1, -0.05) is 32.0 Å². The quantitative estimate of drug-likeness (QED) is 0.810. The molecular formula is C14H20N2S. The molecule has 1 aromatic carbocycles. The largest absolute Gasteiger partial charge is 0.362 e. The smallest absolute Gasteiger partial charge is 0.173 e. The summed E-state index contributed by atoms with van der Waals surface area (Å²) in [6.45, 7) is 6.41. The van der Waals surface area contributed by atoms with Gasteiger partial charge in [0, 0.05) is 18.8 Å². The van der Waals surface area contributed by atoms with Gasteiger partial charge in [0.1, 0.15) is 0 Å². The molecule has 0 fully saturated rings. The number of nitrogens with one attached hydrogen (secondary N) is 1. The maximum atomic E-state index is 5.48. The third-order valence-electron chi connectivity index (χ3n) is 3.12. The van der Waals surface area contributed by atoms with Crippen LogP contribution in [0.4, 0.5) is 5.69 Å². The molecule has 0 aliphatic carbocycles. The van der Waals surface area contributed by atoms with Crippen molar-refractivity contribution in [1.82, 2.24) is 5.32 Å². The van der Waals surface area contributed by atoms with E-state index in [-0.39, 0.29) is 0 Å². The maximum Gasteiger partial charge on any atom is 0.173 e. The molecule has 1 heterocycles. The van der Waals surface area contributed by atoms with Crippen LogP contribution in [0.2, 0.25) is 0 Å². The van der Waals surface area contributed by atoms with Crippen molar-refractivity contribution in [3.05, 3.63) is 29.8 Å². The highest BCUT2D eigenvalue weighted by molar-refractivity contribution is 7.80. The van der Waals surface area contributed by atoms with Gasteiger partial charge in [0.2, 0.25) is 0 Å². The Balaban J connectivity index is 2.20. The van der Waals surface area contributed by atoms with E-state index < -0.39 is 0 Å².